The molecule has 0 atom stereocenters. The number of fused-ring (bicyclic) bond motifs is 1. The van der Waals surface area contributed by atoms with E-state index in [1.165, 1.54) is 5.56 Å². The number of aromatic nitrogens is 4. The molecular weight excluding hydrogens is 410 g/mol. The maximum Gasteiger partial charge on any atom is 0.324 e. The van der Waals surface area contributed by atoms with Crippen molar-refractivity contribution in [2.24, 2.45) is 0 Å². The minimum Gasteiger partial charge on any atom is -0.424 e. The van der Waals surface area contributed by atoms with Gasteiger partial charge in [-0.2, -0.15) is 9.97 Å². The Kier molecular flexibility index (Phi) is 5.90. The lowest BCUT2D eigenvalue weighted by Gasteiger charge is -2.28. The van der Waals surface area contributed by atoms with Crippen LogP contribution in [0.2, 0.25) is 0 Å². The predicted octanol–water partition coefficient (Wildman–Crippen LogP) is 4.34. The molecule has 0 radical (unpaired) electrons. The van der Waals surface area contributed by atoms with E-state index in [0.717, 1.165) is 35.2 Å². The Bertz CT molecular complexity index is 1150. The fourth-order valence-corrected chi connectivity index (χ4v) is 4.25. The molecule has 1 aliphatic heterocycles. The number of morpholine rings is 1. The fourth-order valence-electron chi connectivity index (χ4n) is 3.36. The first-order valence-corrected chi connectivity index (χ1v) is 11.1. The highest BCUT2D eigenvalue weighted by atomic mass is 32.2. The Labute approximate surface area is 184 Å². The van der Waals surface area contributed by atoms with Gasteiger partial charge in [0.05, 0.1) is 13.2 Å². The second kappa shape index (κ2) is 9.28. The smallest absolute Gasteiger partial charge is 0.324 e. The van der Waals surface area contributed by atoms with E-state index in [1.807, 2.05) is 48.5 Å². The third-order valence-electron chi connectivity index (χ3n) is 4.89. The van der Waals surface area contributed by atoms with E-state index in [1.54, 1.807) is 18.1 Å². The lowest BCUT2D eigenvalue weighted by molar-refractivity contribution is 0.122. The number of hydrogen-bond acceptors (Lipinski definition) is 8. The van der Waals surface area contributed by atoms with Gasteiger partial charge in [0.15, 0.2) is 5.82 Å². The van der Waals surface area contributed by atoms with Crippen molar-refractivity contribution in [3.63, 3.8) is 0 Å². The van der Waals surface area contributed by atoms with Crippen LogP contribution in [0.25, 0.3) is 11.0 Å². The summed E-state index contributed by atoms with van der Waals surface area (Å²) >= 11 is 1.63. The molecule has 156 valence electrons. The van der Waals surface area contributed by atoms with Crippen LogP contribution in [-0.4, -0.2) is 46.2 Å². The van der Waals surface area contributed by atoms with Crippen LogP contribution in [0.4, 0.5) is 5.82 Å². The van der Waals surface area contributed by atoms with E-state index < -0.39 is 0 Å². The number of rotatable bonds is 6. The first-order valence-electron chi connectivity index (χ1n) is 10.1. The molecule has 1 saturated heterocycles. The zero-order valence-corrected chi connectivity index (χ0v) is 17.7. The third kappa shape index (κ3) is 4.60. The Morgan fingerprint density at radius 2 is 1.61 bits per heavy atom. The molecule has 2 aromatic carbocycles. The van der Waals surface area contributed by atoms with Crippen molar-refractivity contribution < 1.29 is 9.47 Å². The molecular formula is C23H21N5O2S. The molecule has 0 spiro atoms. The van der Waals surface area contributed by atoms with Gasteiger partial charge in [0.1, 0.15) is 28.1 Å². The van der Waals surface area contributed by atoms with E-state index in [2.05, 4.69) is 27.0 Å². The summed E-state index contributed by atoms with van der Waals surface area (Å²) in [6.45, 7) is 2.79. The van der Waals surface area contributed by atoms with Crippen LogP contribution in [-0.2, 0) is 10.5 Å². The summed E-state index contributed by atoms with van der Waals surface area (Å²) in [7, 11) is 0. The Hall–Kier alpha value is -3.23. The Morgan fingerprint density at radius 1 is 0.871 bits per heavy atom. The number of benzene rings is 2. The SMILES string of the molecule is c1ccc(CSc2ncnc3c(N4CCOCC4)nc(Oc4ccccc4)nc23)cc1. The average molecular weight is 432 g/mol. The van der Waals surface area contributed by atoms with Crippen LogP contribution in [0.5, 0.6) is 11.8 Å². The van der Waals surface area contributed by atoms with Crippen LogP contribution < -0.4 is 9.64 Å². The van der Waals surface area contributed by atoms with Gasteiger partial charge in [0, 0.05) is 18.8 Å². The second-order valence-corrected chi connectivity index (χ2v) is 7.96. The first kappa shape index (κ1) is 19.7. The number of thioether (sulfide) groups is 1. The highest BCUT2D eigenvalue weighted by Crippen LogP contribution is 2.33. The molecule has 3 heterocycles. The molecule has 4 aromatic rings. The molecule has 1 fully saturated rings. The summed E-state index contributed by atoms with van der Waals surface area (Å²) in [5.74, 6) is 2.23. The minimum absolute atomic E-state index is 0.288. The van der Waals surface area contributed by atoms with Gasteiger partial charge in [-0.1, -0.05) is 60.3 Å². The molecule has 0 amide bonds. The van der Waals surface area contributed by atoms with E-state index >= 15 is 0 Å². The predicted molar refractivity (Wildman–Crippen MR) is 121 cm³/mol. The monoisotopic (exact) mass is 431 g/mol. The molecule has 0 N–H and O–H groups in total. The van der Waals surface area contributed by atoms with Crippen molar-refractivity contribution in [1.82, 2.24) is 19.9 Å². The largest absolute Gasteiger partial charge is 0.424 e. The van der Waals surface area contributed by atoms with Gasteiger partial charge in [-0.3, -0.25) is 0 Å². The maximum absolute atomic E-state index is 5.99. The number of hydrogen-bond donors (Lipinski definition) is 0. The van der Waals surface area contributed by atoms with Gasteiger partial charge in [0.2, 0.25) is 0 Å². The highest BCUT2D eigenvalue weighted by molar-refractivity contribution is 7.98. The van der Waals surface area contributed by atoms with Crippen molar-refractivity contribution in [3.8, 4) is 11.8 Å². The maximum atomic E-state index is 5.99. The van der Waals surface area contributed by atoms with E-state index in [-0.39, 0.29) is 6.01 Å². The standard InChI is InChI=1S/C23H21N5O2S/c1-3-7-17(8-4-1)15-31-22-20-19(24-16-25-22)21(28-11-13-29-14-12-28)27-23(26-20)30-18-9-5-2-6-10-18/h1-10,16H,11-15H2. The third-order valence-corrected chi connectivity index (χ3v) is 5.94. The average Bonchev–Trinajstić information content (AvgIpc) is 2.84. The topological polar surface area (TPSA) is 73.3 Å². The lowest BCUT2D eigenvalue weighted by atomic mass is 10.2. The van der Waals surface area contributed by atoms with E-state index in [9.17, 15) is 0 Å². The number of para-hydroxylation sites is 1. The number of ether oxygens (including phenoxy) is 2. The van der Waals surface area contributed by atoms with Crippen LogP contribution in [0, 0.1) is 0 Å². The van der Waals surface area contributed by atoms with Gasteiger partial charge in [-0.25, -0.2) is 9.97 Å². The molecule has 0 unspecified atom stereocenters. The first-order chi connectivity index (χ1) is 15.4. The second-order valence-electron chi connectivity index (χ2n) is 6.99. The number of nitrogens with zero attached hydrogens (tertiary/aromatic N) is 5. The van der Waals surface area contributed by atoms with Gasteiger partial charge >= 0.3 is 6.01 Å². The molecule has 31 heavy (non-hydrogen) atoms. The molecule has 0 saturated carbocycles. The Balaban J connectivity index is 1.55. The quantitative estimate of drug-likeness (QED) is 0.330. The Morgan fingerprint density at radius 3 is 2.39 bits per heavy atom. The summed E-state index contributed by atoms with van der Waals surface area (Å²) in [5.41, 5.74) is 2.65. The molecule has 7 nitrogen and oxygen atoms in total. The number of anilines is 1. The van der Waals surface area contributed by atoms with Crippen molar-refractivity contribution in [3.05, 3.63) is 72.6 Å². The molecule has 2 aromatic heterocycles. The van der Waals surface area contributed by atoms with Crippen LogP contribution >= 0.6 is 11.8 Å². The molecule has 8 heteroatoms. The lowest BCUT2D eigenvalue weighted by Crippen LogP contribution is -2.37. The van der Waals surface area contributed by atoms with Crippen LogP contribution in [0.15, 0.2) is 72.0 Å². The van der Waals surface area contributed by atoms with Crippen molar-refractivity contribution in [1.29, 1.82) is 0 Å². The molecule has 1 aliphatic rings. The summed E-state index contributed by atoms with van der Waals surface area (Å²) < 4.78 is 11.5. The van der Waals surface area contributed by atoms with Crippen LogP contribution in [0.3, 0.4) is 0 Å². The zero-order valence-electron chi connectivity index (χ0n) is 16.8. The van der Waals surface area contributed by atoms with E-state index in [0.29, 0.717) is 24.5 Å². The summed E-state index contributed by atoms with van der Waals surface area (Å²) in [4.78, 5) is 20.6. The van der Waals surface area contributed by atoms with Gasteiger partial charge in [0.25, 0.3) is 0 Å². The highest BCUT2D eigenvalue weighted by Gasteiger charge is 2.21. The fraction of sp³-hybridized carbons (Fsp3) is 0.217. The molecule has 0 aliphatic carbocycles. The van der Waals surface area contributed by atoms with Crippen molar-refractivity contribution in [2.75, 3.05) is 31.2 Å². The normalized spacial score (nSPS) is 14.0. The van der Waals surface area contributed by atoms with Crippen molar-refractivity contribution in [2.45, 2.75) is 10.8 Å². The van der Waals surface area contributed by atoms with Gasteiger partial charge < -0.3 is 14.4 Å². The summed E-state index contributed by atoms with van der Waals surface area (Å²) in [6, 6.07) is 20.1. The van der Waals surface area contributed by atoms with Gasteiger partial charge in [-0.15, -0.1) is 0 Å². The summed E-state index contributed by atoms with van der Waals surface area (Å²) in [5, 5.41) is 0.809. The van der Waals surface area contributed by atoms with Crippen molar-refractivity contribution >= 4 is 28.6 Å². The zero-order chi connectivity index (χ0) is 20.9. The van der Waals surface area contributed by atoms with Gasteiger partial charge in [-0.05, 0) is 17.7 Å². The summed E-state index contributed by atoms with van der Waals surface area (Å²) in [6.07, 6.45) is 1.58. The molecule has 5 rings (SSSR count). The minimum atomic E-state index is 0.288. The van der Waals surface area contributed by atoms with E-state index in [4.69, 9.17) is 19.4 Å². The molecule has 0 bridgehead atoms. The van der Waals surface area contributed by atoms with Crippen LogP contribution in [0.1, 0.15) is 5.56 Å².